The molecule has 8 nitrogen and oxygen atoms in total. The number of ketones is 1. The van der Waals surface area contributed by atoms with E-state index in [1.807, 2.05) is 53.0 Å². The number of carbonyl (C=O) groups is 2. The lowest BCUT2D eigenvalue weighted by atomic mass is 9.90. The summed E-state index contributed by atoms with van der Waals surface area (Å²) in [6, 6.07) is 10.1. The first-order chi connectivity index (χ1) is 17.6. The van der Waals surface area contributed by atoms with E-state index in [1.54, 1.807) is 28.2 Å². The number of hydrogen-bond acceptors (Lipinski definition) is 6. The predicted molar refractivity (Wildman–Crippen MR) is 142 cm³/mol. The third-order valence-corrected chi connectivity index (χ3v) is 6.85. The monoisotopic (exact) mass is 499 g/mol. The maximum atomic E-state index is 13.8. The first kappa shape index (κ1) is 24.9. The van der Waals surface area contributed by atoms with Crippen LogP contribution in [-0.2, 0) is 11.8 Å². The Kier molecular flexibility index (Phi) is 6.45. The minimum atomic E-state index is -0.530. The highest BCUT2D eigenvalue weighted by atomic mass is 16.6. The van der Waals surface area contributed by atoms with Gasteiger partial charge in [0.25, 0.3) is 0 Å². The number of benzene rings is 1. The number of piperazine rings is 1. The number of nitrogens with zero attached hydrogens (tertiary/aromatic N) is 5. The van der Waals surface area contributed by atoms with E-state index in [2.05, 4.69) is 28.1 Å². The molecule has 1 aliphatic carbocycles. The number of fused-ring (bicyclic) bond motifs is 2. The van der Waals surface area contributed by atoms with Gasteiger partial charge in [0.1, 0.15) is 11.3 Å². The third-order valence-electron chi connectivity index (χ3n) is 6.85. The molecule has 2 aromatic heterocycles. The van der Waals surface area contributed by atoms with Gasteiger partial charge in [-0.2, -0.15) is 0 Å². The number of hydrogen-bond donors (Lipinski definition) is 0. The number of aryl methyl sites for hydroxylation is 2. The van der Waals surface area contributed by atoms with E-state index >= 15 is 0 Å². The van der Waals surface area contributed by atoms with Gasteiger partial charge in [0.05, 0.1) is 24.3 Å². The fourth-order valence-corrected chi connectivity index (χ4v) is 5.06. The minimum absolute atomic E-state index is 0.0722. The molecule has 1 amide bonds. The highest BCUT2D eigenvalue weighted by molar-refractivity contribution is 6.32. The molecule has 192 valence electrons. The van der Waals surface area contributed by atoms with Gasteiger partial charge < -0.3 is 14.2 Å². The summed E-state index contributed by atoms with van der Waals surface area (Å²) < 4.78 is 7.34. The van der Waals surface area contributed by atoms with Gasteiger partial charge in [-0.3, -0.25) is 14.7 Å². The minimum Gasteiger partial charge on any atom is -0.444 e. The second-order valence-corrected chi connectivity index (χ2v) is 10.8. The number of aromatic nitrogens is 3. The molecule has 0 radical (unpaired) electrons. The van der Waals surface area contributed by atoms with Crippen LogP contribution in [0, 0.1) is 6.92 Å². The van der Waals surface area contributed by atoms with Gasteiger partial charge in [-0.25, -0.2) is 9.78 Å². The molecule has 3 aromatic rings. The lowest BCUT2D eigenvalue weighted by Gasteiger charge is -2.40. The highest BCUT2D eigenvalue weighted by Crippen LogP contribution is 2.40. The molecule has 3 heterocycles. The van der Waals surface area contributed by atoms with Gasteiger partial charge in [-0.15, -0.1) is 0 Å². The van der Waals surface area contributed by atoms with E-state index in [1.165, 1.54) is 0 Å². The van der Waals surface area contributed by atoms with E-state index < -0.39 is 5.60 Å². The van der Waals surface area contributed by atoms with Gasteiger partial charge in [-0.05, 0) is 56.5 Å². The molecule has 0 spiro atoms. The van der Waals surface area contributed by atoms with Crippen LogP contribution >= 0.6 is 0 Å². The Morgan fingerprint density at radius 2 is 1.84 bits per heavy atom. The summed E-state index contributed by atoms with van der Waals surface area (Å²) >= 11 is 0. The van der Waals surface area contributed by atoms with Crippen LogP contribution in [0.15, 0.2) is 49.1 Å². The molecule has 1 atom stereocenters. The first-order valence-electron chi connectivity index (χ1n) is 12.6. The van der Waals surface area contributed by atoms with Gasteiger partial charge in [-0.1, -0.05) is 29.8 Å². The molecule has 1 saturated heterocycles. The molecule has 0 unspecified atom stereocenters. The summed E-state index contributed by atoms with van der Waals surface area (Å²) in [6.07, 6.45) is 6.74. The predicted octanol–water partition coefficient (Wildman–Crippen LogP) is 4.50. The second-order valence-electron chi connectivity index (χ2n) is 10.8. The van der Waals surface area contributed by atoms with Crippen molar-refractivity contribution in [2.24, 2.45) is 7.05 Å². The number of ether oxygens (including phenoxy) is 1. The molecule has 0 saturated carbocycles. The molecule has 1 aliphatic heterocycles. The summed E-state index contributed by atoms with van der Waals surface area (Å²) in [6.45, 7) is 10.1. The summed E-state index contributed by atoms with van der Waals surface area (Å²) in [4.78, 5) is 39.6. The molecular weight excluding hydrogens is 466 g/mol. The van der Waals surface area contributed by atoms with Crippen molar-refractivity contribution in [2.75, 3.05) is 26.2 Å². The van der Waals surface area contributed by atoms with Gasteiger partial charge in [0.2, 0.25) is 5.78 Å². The number of Topliss-reactive ketones (excluding diaryl/α,β-unsaturated/α-hetero) is 1. The van der Waals surface area contributed by atoms with Crippen molar-refractivity contribution in [1.82, 2.24) is 24.3 Å². The van der Waals surface area contributed by atoms with Crippen molar-refractivity contribution in [3.8, 4) is 0 Å². The number of allylic oxidation sites excluding steroid dienone is 1. The average Bonchev–Trinajstić information content (AvgIpc) is 3.23. The Bertz CT molecular complexity index is 1380. The molecule has 0 bridgehead atoms. The molecule has 37 heavy (non-hydrogen) atoms. The lowest BCUT2D eigenvalue weighted by molar-refractivity contribution is 0.0118. The van der Waals surface area contributed by atoms with Crippen molar-refractivity contribution in [2.45, 2.75) is 39.3 Å². The number of rotatable bonds is 3. The molecule has 8 heteroatoms. The van der Waals surface area contributed by atoms with E-state index in [0.29, 0.717) is 37.4 Å². The molecule has 5 rings (SSSR count). The van der Waals surface area contributed by atoms with Gasteiger partial charge >= 0.3 is 6.09 Å². The van der Waals surface area contributed by atoms with E-state index in [-0.39, 0.29) is 17.9 Å². The summed E-state index contributed by atoms with van der Waals surface area (Å²) in [5.74, 6) is -0.0722. The largest absolute Gasteiger partial charge is 0.444 e. The maximum Gasteiger partial charge on any atom is 0.410 e. The number of carbonyl (C=O) groups excluding carboxylic acids is 2. The zero-order valence-electron chi connectivity index (χ0n) is 22.1. The van der Waals surface area contributed by atoms with Crippen molar-refractivity contribution < 1.29 is 14.3 Å². The van der Waals surface area contributed by atoms with Crippen LogP contribution in [0.1, 0.15) is 65.2 Å². The Morgan fingerprint density at radius 1 is 1.08 bits per heavy atom. The summed E-state index contributed by atoms with van der Waals surface area (Å²) in [7, 11) is 1.83. The van der Waals surface area contributed by atoms with Crippen molar-refractivity contribution in [3.05, 3.63) is 82.7 Å². The SMILES string of the molecule is Cc1ccc2c(c1)C(C(=O)c1cncn1C)=Cc1cccnc1[C@H]2N1CCN(C(=O)OC(C)(C)C)CC1. The van der Waals surface area contributed by atoms with Crippen LogP contribution in [0.5, 0.6) is 0 Å². The van der Waals surface area contributed by atoms with Crippen LogP contribution in [0.25, 0.3) is 11.6 Å². The lowest BCUT2D eigenvalue weighted by Crippen LogP contribution is -2.51. The van der Waals surface area contributed by atoms with Crippen LogP contribution in [0.3, 0.4) is 0 Å². The fraction of sp³-hybridized carbons (Fsp3) is 0.379. The number of amides is 1. The summed E-state index contributed by atoms with van der Waals surface area (Å²) in [5.41, 5.74) is 5.49. The van der Waals surface area contributed by atoms with Gasteiger partial charge in [0, 0.05) is 45.0 Å². The van der Waals surface area contributed by atoms with Crippen LogP contribution in [0.2, 0.25) is 0 Å². The maximum absolute atomic E-state index is 13.8. The van der Waals surface area contributed by atoms with Crippen LogP contribution in [-0.4, -0.2) is 68.0 Å². The van der Waals surface area contributed by atoms with E-state index in [4.69, 9.17) is 9.72 Å². The Morgan fingerprint density at radius 3 is 2.51 bits per heavy atom. The molecule has 0 N–H and O–H groups in total. The normalized spacial score (nSPS) is 17.9. The molecule has 1 aromatic carbocycles. The first-order valence-corrected chi connectivity index (χ1v) is 12.6. The molecular formula is C29H33N5O3. The Hall–Kier alpha value is -3.78. The standard InChI is InChI=1S/C29H33N5O3/c1-19-8-9-21-22(15-19)23(27(35)24-17-30-18-32(24)5)16-20-7-6-10-31-25(20)26(21)33-11-13-34(14-12-33)28(36)37-29(2,3)4/h6-10,15-18,26H,11-14H2,1-5H3/t26-/m0/s1. The van der Waals surface area contributed by atoms with Crippen LogP contribution in [0.4, 0.5) is 4.79 Å². The Labute approximate surface area is 217 Å². The molecule has 1 fully saturated rings. The van der Waals surface area contributed by atoms with Crippen molar-refractivity contribution in [3.63, 3.8) is 0 Å². The zero-order chi connectivity index (χ0) is 26.3. The number of imidazole rings is 1. The van der Waals surface area contributed by atoms with E-state index in [9.17, 15) is 9.59 Å². The fourth-order valence-electron chi connectivity index (χ4n) is 5.06. The third kappa shape index (κ3) is 4.93. The number of pyridine rings is 1. The van der Waals surface area contributed by atoms with Crippen molar-refractivity contribution in [1.29, 1.82) is 0 Å². The quantitative estimate of drug-likeness (QED) is 0.494. The topological polar surface area (TPSA) is 80.6 Å². The Balaban J connectivity index is 1.54. The van der Waals surface area contributed by atoms with Crippen molar-refractivity contribution >= 4 is 23.5 Å². The second kappa shape index (κ2) is 9.59. The smallest absolute Gasteiger partial charge is 0.410 e. The molecule has 2 aliphatic rings. The van der Waals surface area contributed by atoms with E-state index in [0.717, 1.165) is 27.9 Å². The average molecular weight is 500 g/mol. The summed E-state index contributed by atoms with van der Waals surface area (Å²) in [5, 5.41) is 0. The van der Waals surface area contributed by atoms with Crippen LogP contribution < -0.4 is 0 Å². The highest BCUT2D eigenvalue weighted by Gasteiger charge is 2.35. The zero-order valence-corrected chi connectivity index (χ0v) is 22.1. The van der Waals surface area contributed by atoms with Gasteiger partial charge in [0.15, 0.2) is 0 Å².